The predicted octanol–water partition coefficient (Wildman–Crippen LogP) is 3.43. The summed E-state index contributed by atoms with van der Waals surface area (Å²) in [5.74, 6) is 0.927. The maximum atomic E-state index is 11.3. The van der Waals surface area contributed by atoms with E-state index >= 15 is 0 Å². The van der Waals surface area contributed by atoms with Crippen LogP contribution in [0, 0.1) is 0 Å². The summed E-state index contributed by atoms with van der Waals surface area (Å²) in [6, 6.07) is 20.4. The highest BCUT2D eigenvalue weighted by Gasteiger charge is 2.18. The molecule has 1 amide bonds. The summed E-state index contributed by atoms with van der Waals surface area (Å²) in [5, 5.41) is 4.79. The van der Waals surface area contributed by atoms with Crippen LogP contribution in [0.25, 0.3) is 28.3 Å². The van der Waals surface area contributed by atoms with Gasteiger partial charge in [-0.1, -0.05) is 18.2 Å². The van der Waals surface area contributed by atoms with Gasteiger partial charge >= 0.3 is 0 Å². The molecule has 7 heteroatoms. The van der Waals surface area contributed by atoms with Crippen LogP contribution in [-0.2, 0) is 0 Å². The van der Waals surface area contributed by atoms with Gasteiger partial charge in [0.15, 0.2) is 11.5 Å². The Kier molecular flexibility index (Phi) is 3.98. The molecule has 0 radical (unpaired) electrons. The number of hydrogen-bond acceptors (Lipinski definition) is 5. The zero-order valence-corrected chi connectivity index (χ0v) is 15.3. The standard InChI is InChI=1S/C22H16N4O3/c23-22(27)15-6-4-14(5-7-15)18-12-19(17-3-1-2-10-24-17)26(25-18)16-8-9-20-21(11-16)29-13-28-20/h1-12H,13H2,(H2,23,27). The molecule has 1 aliphatic rings. The summed E-state index contributed by atoms with van der Waals surface area (Å²) in [5.41, 5.74) is 9.86. The number of rotatable bonds is 4. The fourth-order valence-corrected chi connectivity index (χ4v) is 3.24. The minimum Gasteiger partial charge on any atom is -0.454 e. The molecule has 5 rings (SSSR count). The zero-order valence-electron chi connectivity index (χ0n) is 15.3. The van der Waals surface area contributed by atoms with E-state index in [1.54, 1.807) is 18.3 Å². The molecule has 0 aliphatic carbocycles. The summed E-state index contributed by atoms with van der Waals surface area (Å²) >= 11 is 0. The first-order valence-corrected chi connectivity index (χ1v) is 9.01. The van der Waals surface area contributed by atoms with Crippen LogP contribution in [0.2, 0.25) is 0 Å². The van der Waals surface area contributed by atoms with Gasteiger partial charge in [0.25, 0.3) is 0 Å². The number of carbonyl (C=O) groups is 1. The third-order valence-electron chi connectivity index (χ3n) is 4.70. The van der Waals surface area contributed by atoms with Gasteiger partial charge in [0.2, 0.25) is 12.7 Å². The van der Waals surface area contributed by atoms with Gasteiger partial charge in [0.1, 0.15) is 0 Å². The fourth-order valence-electron chi connectivity index (χ4n) is 3.24. The minimum absolute atomic E-state index is 0.211. The molecule has 2 N–H and O–H groups in total. The van der Waals surface area contributed by atoms with Crippen molar-refractivity contribution in [3.05, 3.63) is 78.5 Å². The predicted molar refractivity (Wildman–Crippen MR) is 107 cm³/mol. The first-order chi connectivity index (χ1) is 14.2. The number of aromatic nitrogens is 3. The van der Waals surface area contributed by atoms with Crippen LogP contribution in [0.4, 0.5) is 0 Å². The lowest BCUT2D eigenvalue weighted by Gasteiger charge is -2.08. The van der Waals surface area contributed by atoms with Crippen molar-refractivity contribution in [3.8, 4) is 39.8 Å². The summed E-state index contributed by atoms with van der Waals surface area (Å²) in [6.45, 7) is 0.211. The Hall–Kier alpha value is -4.13. The molecule has 3 heterocycles. The van der Waals surface area contributed by atoms with Crippen LogP contribution >= 0.6 is 0 Å². The Morgan fingerprint density at radius 2 is 1.76 bits per heavy atom. The Morgan fingerprint density at radius 1 is 0.931 bits per heavy atom. The lowest BCUT2D eigenvalue weighted by molar-refractivity contribution is 0.100. The molecule has 4 aromatic rings. The summed E-state index contributed by atoms with van der Waals surface area (Å²) in [6.07, 6.45) is 1.74. The lowest BCUT2D eigenvalue weighted by atomic mass is 10.1. The normalized spacial score (nSPS) is 12.1. The topological polar surface area (TPSA) is 92.3 Å². The third-order valence-corrected chi connectivity index (χ3v) is 4.70. The molecule has 1 aliphatic heterocycles. The zero-order chi connectivity index (χ0) is 19.8. The molecule has 0 saturated carbocycles. The fraction of sp³-hybridized carbons (Fsp3) is 0.0455. The molecule has 0 spiro atoms. The molecule has 2 aromatic carbocycles. The molecule has 0 fully saturated rings. The summed E-state index contributed by atoms with van der Waals surface area (Å²) in [7, 11) is 0. The number of fused-ring (bicyclic) bond motifs is 1. The number of ether oxygens (including phenoxy) is 2. The van der Waals surface area contributed by atoms with Crippen molar-refractivity contribution >= 4 is 5.91 Å². The van der Waals surface area contributed by atoms with E-state index in [9.17, 15) is 4.79 Å². The van der Waals surface area contributed by atoms with E-state index in [-0.39, 0.29) is 6.79 Å². The molecule has 0 atom stereocenters. The summed E-state index contributed by atoms with van der Waals surface area (Å²) in [4.78, 5) is 15.8. The van der Waals surface area contributed by atoms with Gasteiger partial charge in [-0.2, -0.15) is 5.10 Å². The number of nitrogens with two attached hydrogens (primary N) is 1. The van der Waals surface area contributed by atoms with Gasteiger partial charge in [-0.05, 0) is 42.5 Å². The highest BCUT2D eigenvalue weighted by atomic mass is 16.7. The second-order valence-corrected chi connectivity index (χ2v) is 6.52. The SMILES string of the molecule is NC(=O)c1ccc(-c2cc(-c3ccccn3)n(-c3ccc4c(c3)OCO4)n2)cc1. The van der Waals surface area contributed by atoms with Crippen LogP contribution in [0.1, 0.15) is 10.4 Å². The first kappa shape index (κ1) is 17.0. The average Bonchev–Trinajstić information content (AvgIpc) is 3.41. The van der Waals surface area contributed by atoms with E-state index < -0.39 is 5.91 Å². The van der Waals surface area contributed by atoms with Gasteiger partial charge in [0, 0.05) is 23.4 Å². The number of primary amides is 1. The van der Waals surface area contributed by atoms with Crippen molar-refractivity contribution in [3.63, 3.8) is 0 Å². The number of carbonyl (C=O) groups excluding carboxylic acids is 1. The smallest absolute Gasteiger partial charge is 0.248 e. The maximum Gasteiger partial charge on any atom is 0.248 e. The third kappa shape index (κ3) is 3.08. The quantitative estimate of drug-likeness (QED) is 0.582. The highest BCUT2D eigenvalue weighted by Crippen LogP contribution is 2.35. The second kappa shape index (κ2) is 6.79. The van der Waals surface area contributed by atoms with E-state index in [1.807, 2.05) is 59.3 Å². The highest BCUT2D eigenvalue weighted by molar-refractivity contribution is 5.93. The van der Waals surface area contributed by atoms with Crippen molar-refractivity contribution in [2.45, 2.75) is 0 Å². The monoisotopic (exact) mass is 384 g/mol. The van der Waals surface area contributed by atoms with E-state index in [4.69, 9.17) is 20.3 Å². The number of amides is 1. The van der Waals surface area contributed by atoms with Crippen LogP contribution in [0.3, 0.4) is 0 Å². The van der Waals surface area contributed by atoms with Crippen LogP contribution in [-0.4, -0.2) is 27.5 Å². The molecular weight excluding hydrogens is 368 g/mol. The Labute approximate surface area is 166 Å². The minimum atomic E-state index is -0.461. The van der Waals surface area contributed by atoms with Gasteiger partial charge in [0.05, 0.1) is 22.8 Å². The van der Waals surface area contributed by atoms with Gasteiger partial charge in [-0.3, -0.25) is 9.78 Å². The molecule has 0 saturated heterocycles. The Morgan fingerprint density at radius 3 is 2.52 bits per heavy atom. The Bertz CT molecular complexity index is 1200. The van der Waals surface area contributed by atoms with Crippen molar-refractivity contribution < 1.29 is 14.3 Å². The number of benzene rings is 2. The van der Waals surface area contributed by atoms with Gasteiger partial charge in [-0.15, -0.1) is 0 Å². The molecular formula is C22H16N4O3. The molecule has 29 heavy (non-hydrogen) atoms. The Balaban J connectivity index is 1.64. The first-order valence-electron chi connectivity index (χ1n) is 9.01. The van der Waals surface area contributed by atoms with Crippen molar-refractivity contribution in [1.29, 1.82) is 0 Å². The average molecular weight is 384 g/mol. The van der Waals surface area contributed by atoms with Crippen LogP contribution < -0.4 is 15.2 Å². The van der Waals surface area contributed by atoms with Gasteiger partial charge < -0.3 is 15.2 Å². The van der Waals surface area contributed by atoms with E-state index in [0.717, 1.165) is 28.3 Å². The van der Waals surface area contributed by atoms with Crippen LogP contribution in [0.5, 0.6) is 11.5 Å². The van der Waals surface area contributed by atoms with Crippen LogP contribution in [0.15, 0.2) is 72.9 Å². The van der Waals surface area contributed by atoms with E-state index in [0.29, 0.717) is 17.1 Å². The van der Waals surface area contributed by atoms with Crippen molar-refractivity contribution in [1.82, 2.24) is 14.8 Å². The van der Waals surface area contributed by atoms with Crippen molar-refractivity contribution in [2.75, 3.05) is 6.79 Å². The molecule has 0 bridgehead atoms. The number of pyridine rings is 1. The number of hydrogen-bond donors (Lipinski definition) is 1. The largest absolute Gasteiger partial charge is 0.454 e. The van der Waals surface area contributed by atoms with Crippen molar-refractivity contribution in [2.24, 2.45) is 5.73 Å². The van der Waals surface area contributed by atoms with Gasteiger partial charge in [-0.25, -0.2) is 4.68 Å². The summed E-state index contributed by atoms with van der Waals surface area (Å²) < 4.78 is 12.7. The van der Waals surface area contributed by atoms with E-state index in [2.05, 4.69) is 4.98 Å². The van der Waals surface area contributed by atoms with E-state index in [1.165, 1.54) is 0 Å². The number of nitrogens with zero attached hydrogens (tertiary/aromatic N) is 3. The maximum absolute atomic E-state index is 11.3. The molecule has 0 unspecified atom stereocenters. The molecule has 7 nitrogen and oxygen atoms in total. The lowest BCUT2D eigenvalue weighted by Crippen LogP contribution is -2.10. The second-order valence-electron chi connectivity index (χ2n) is 6.52. The molecule has 2 aromatic heterocycles. The molecule has 142 valence electrons.